The van der Waals surface area contributed by atoms with Gasteiger partial charge < -0.3 is 14.8 Å². The molecule has 25 heavy (non-hydrogen) atoms. The third-order valence-corrected chi connectivity index (χ3v) is 4.24. The van der Waals surface area contributed by atoms with Crippen LogP contribution in [0.5, 0.6) is 0 Å². The normalized spacial score (nSPS) is 11.2. The summed E-state index contributed by atoms with van der Waals surface area (Å²) in [7, 11) is 4.14. The number of aryl methyl sites for hydroxylation is 1. The number of likely N-dealkylation sites (N-methyl/N-ethyl adjacent to an activating group) is 1. The molecule has 0 spiro atoms. The van der Waals surface area contributed by atoms with E-state index < -0.39 is 0 Å². The van der Waals surface area contributed by atoms with Crippen molar-refractivity contribution >= 4 is 22.5 Å². The lowest BCUT2D eigenvalue weighted by atomic mass is 10.1. The molecule has 0 aliphatic carbocycles. The summed E-state index contributed by atoms with van der Waals surface area (Å²) >= 11 is 0. The maximum absolute atomic E-state index is 12.2. The van der Waals surface area contributed by atoms with Crippen LogP contribution in [-0.2, 0) is 17.8 Å². The zero-order valence-corrected chi connectivity index (χ0v) is 14.8. The summed E-state index contributed by atoms with van der Waals surface area (Å²) in [5.41, 5.74) is 3.11. The van der Waals surface area contributed by atoms with Gasteiger partial charge in [-0.1, -0.05) is 6.07 Å². The standard InChI is InChI=1S/C20H24N4O/c1-23(2)13-14-24-12-9-17-4-5-18(15-19(17)24)22-20(25)6-3-16-7-10-21-11-8-16/h4-5,7-12,15H,3,6,13-14H2,1-2H3,(H,22,25). The van der Waals surface area contributed by atoms with Gasteiger partial charge in [0.1, 0.15) is 0 Å². The van der Waals surface area contributed by atoms with Crippen molar-refractivity contribution in [2.24, 2.45) is 0 Å². The highest BCUT2D eigenvalue weighted by Gasteiger charge is 2.06. The first-order valence-corrected chi connectivity index (χ1v) is 8.54. The minimum absolute atomic E-state index is 0.0301. The van der Waals surface area contributed by atoms with Crippen LogP contribution < -0.4 is 5.32 Å². The molecule has 0 saturated heterocycles. The first-order chi connectivity index (χ1) is 12.1. The fraction of sp³-hybridized carbons (Fsp3) is 0.300. The number of rotatable bonds is 7. The van der Waals surface area contributed by atoms with E-state index in [1.807, 2.05) is 18.2 Å². The number of anilines is 1. The maximum Gasteiger partial charge on any atom is 0.224 e. The van der Waals surface area contributed by atoms with Gasteiger partial charge in [-0.25, -0.2) is 0 Å². The van der Waals surface area contributed by atoms with Gasteiger partial charge in [0.05, 0.1) is 5.52 Å². The largest absolute Gasteiger partial charge is 0.346 e. The summed E-state index contributed by atoms with van der Waals surface area (Å²) < 4.78 is 2.22. The number of carbonyl (C=O) groups excluding carboxylic acids is 1. The minimum Gasteiger partial charge on any atom is -0.346 e. The molecule has 2 heterocycles. The number of hydrogen-bond acceptors (Lipinski definition) is 3. The first kappa shape index (κ1) is 17.2. The zero-order valence-electron chi connectivity index (χ0n) is 14.8. The summed E-state index contributed by atoms with van der Waals surface area (Å²) in [4.78, 5) is 18.4. The molecule has 130 valence electrons. The van der Waals surface area contributed by atoms with E-state index in [0.29, 0.717) is 6.42 Å². The molecule has 1 amide bonds. The Morgan fingerprint density at radius 2 is 1.96 bits per heavy atom. The highest BCUT2D eigenvalue weighted by atomic mass is 16.1. The number of aromatic nitrogens is 2. The maximum atomic E-state index is 12.2. The lowest BCUT2D eigenvalue weighted by molar-refractivity contribution is -0.116. The second-order valence-corrected chi connectivity index (χ2v) is 6.49. The minimum atomic E-state index is 0.0301. The average Bonchev–Trinajstić information content (AvgIpc) is 3.01. The van der Waals surface area contributed by atoms with Crippen LogP contribution in [0, 0.1) is 0 Å². The van der Waals surface area contributed by atoms with Crippen LogP contribution in [-0.4, -0.2) is 41.0 Å². The lowest BCUT2D eigenvalue weighted by Gasteiger charge is -2.12. The number of nitrogens with one attached hydrogen (secondary N) is 1. The molecular formula is C20H24N4O. The second-order valence-electron chi connectivity index (χ2n) is 6.49. The molecule has 0 unspecified atom stereocenters. The molecule has 1 N–H and O–H groups in total. The van der Waals surface area contributed by atoms with Crippen molar-refractivity contribution in [1.29, 1.82) is 0 Å². The van der Waals surface area contributed by atoms with Gasteiger partial charge >= 0.3 is 0 Å². The van der Waals surface area contributed by atoms with Gasteiger partial charge in [-0.05, 0) is 61.8 Å². The third kappa shape index (κ3) is 4.67. The van der Waals surface area contributed by atoms with E-state index in [9.17, 15) is 4.79 Å². The summed E-state index contributed by atoms with van der Waals surface area (Å²) in [5, 5.41) is 4.20. The number of amides is 1. The van der Waals surface area contributed by atoms with E-state index in [1.54, 1.807) is 12.4 Å². The summed E-state index contributed by atoms with van der Waals surface area (Å²) in [5.74, 6) is 0.0301. The first-order valence-electron chi connectivity index (χ1n) is 8.54. The molecule has 0 fully saturated rings. The van der Waals surface area contributed by atoms with Crippen molar-refractivity contribution in [3.63, 3.8) is 0 Å². The van der Waals surface area contributed by atoms with Crippen LogP contribution in [0.3, 0.4) is 0 Å². The molecule has 3 rings (SSSR count). The summed E-state index contributed by atoms with van der Waals surface area (Å²) in [6.07, 6.45) is 6.79. The Hall–Kier alpha value is -2.66. The third-order valence-electron chi connectivity index (χ3n) is 4.24. The number of benzene rings is 1. The van der Waals surface area contributed by atoms with Gasteiger partial charge in [0.25, 0.3) is 0 Å². The molecule has 0 bridgehead atoms. The lowest BCUT2D eigenvalue weighted by Crippen LogP contribution is -2.18. The van der Waals surface area contributed by atoms with Crippen molar-refractivity contribution in [3.8, 4) is 0 Å². The SMILES string of the molecule is CN(C)CCn1ccc2ccc(NC(=O)CCc3ccncc3)cc21. The summed E-state index contributed by atoms with van der Waals surface area (Å²) in [6.45, 7) is 1.91. The topological polar surface area (TPSA) is 50.2 Å². The Bertz CT molecular complexity index is 839. The van der Waals surface area contributed by atoms with Crippen LogP contribution in [0.2, 0.25) is 0 Å². The van der Waals surface area contributed by atoms with Gasteiger partial charge in [0.15, 0.2) is 0 Å². The number of fused-ring (bicyclic) bond motifs is 1. The zero-order chi connectivity index (χ0) is 17.6. The molecule has 5 nitrogen and oxygen atoms in total. The van der Waals surface area contributed by atoms with Crippen LogP contribution in [0.15, 0.2) is 55.0 Å². The predicted octanol–water partition coefficient (Wildman–Crippen LogP) is 3.17. The molecule has 5 heteroatoms. The van der Waals surface area contributed by atoms with Crippen LogP contribution in [0.4, 0.5) is 5.69 Å². The molecular weight excluding hydrogens is 312 g/mol. The van der Waals surface area contributed by atoms with E-state index >= 15 is 0 Å². The van der Waals surface area contributed by atoms with Crippen molar-refractivity contribution in [2.45, 2.75) is 19.4 Å². The van der Waals surface area contributed by atoms with E-state index in [1.165, 1.54) is 5.39 Å². The van der Waals surface area contributed by atoms with E-state index in [4.69, 9.17) is 0 Å². The molecule has 0 aliphatic rings. The molecule has 3 aromatic rings. The van der Waals surface area contributed by atoms with Gasteiger partial charge in [-0.15, -0.1) is 0 Å². The Morgan fingerprint density at radius 1 is 1.16 bits per heavy atom. The Kier molecular flexibility index (Phi) is 5.46. The van der Waals surface area contributed by atoms with Crippen molar-refractivity contribution in [3.05, 3.63) is 60.6 Å². The monoisotopic (exact) mass is 336 g/mol. The Labute approximate surface area is 148 Å². The molecule has 0 radical (unpaired) electrons. The number of nitrogens with zero attached hydrogens (tertiary/aromatic N) is 3. The fourth-order valence-electron chi connectivity index (χ4n) is 2.80. The van der Waals surface area contributed by atoms with E-state index in [-0.39, 0.29) is 5.91 Å². The van der Waals surface area contributed by atoms with Crippen molar-refractivity contribution in [1.82, 2.24) is 14.5 Å². The van der Waals surface area contributed by atoms with Gasteiger partial charge in [-0.3, -0.25) is 9.78 Å². The molecule has 0 aliphatic heterocycles. The average molecular weight is 336 g/mol. The number of carbonyl (C=O) groups is 1. The number of pyridine rings is 1. The van der Waals surface area contributed by atoms with E-state index in [2.05, 4.69) is 58.3 Å². The fourth-order valence-corrected chi connectivity index (χ4v) is 2.80. The van der Waals surface area contributed by atoms with Crippen LogP contribution in [0.1, 0.15) is 12.0 Å². The quantitative estimate of drug-likeness (QED) is 0.721. The summed E-state index contributed by atoms with van der Waals surface area (Å²) in [6, 6.07) is 12.1. The van der Waals surface area contributed by atoms with Crippen LogP contribution >= 0.6 is 0 Å². The highest BCUT2D eigenvalue weighted by Crippen LogP contribution is 2.21. The second kappa shape index (κ2) is 7.94. The number of hydrogen-bond donors (Lipinski definition) is 1. The van der Waals surface area contributed by atoms with E-state index in [0.717, 1.165) is 36.3 Å². The molecule has 2 aromatic heterocycles. The Morgan fingerprint density at radius 3 is 2.72 bits per heavy atom. The predicted molar refractivity (Wildman–Crippen MR) is 102 cm³/mol. The van der Waals surface area contributed by atoms with Crippen LogP contribution in [0.25, 0.3) is 10.9 Å². The highest BCUT2D eigenvalue weighted by molar-refractivity contribution is 5.93. The molecule has 0 atom stereocenters. The van der Waals surface area contributed by atoms with Crippen molar-refractivity contribution < 1.29 is 4.79 Å². The molecule has 1 aromatic carbocycles. The molecule has 0 saturated carbocycles. The van der Waals surface area contributed by atoms with Gasteiger partial charge in [0, 0.05) is 43.8 Å². The smallest absolute Gasteiger partial charge is 0.224 e. The Balaban J connectivity index is 1.64. The van der Waals surface area contributed by atoms with Crippen molar-refractivity contribution in [2.75, 3.05) is 26.0 Å². The van der Waals surface area contributed by atoms with Gasteiger partial charge in [0.2, 0.25) is 5.91 Å². The van der Waals surface area contributed by atoms with Gasteiger partial charge in [-0.2, -0.15) is 0 Å².